The number of unbranched alkanes of at least 4 members (excludes halogenated alkanes) is 5. The summed E-state index contributed by atoms with van der Waals surface area (Å²) in [5, 5.41) is 0. The highest BCUT2D eigenvalue weighted by molar-refractivity contribution is 5.85. The number of amides is 2. The number of carbonyl (C=O) groups excluding carboxylic acids is 2. The van der Waals surface area contributed by atoms with E-state index in [1.807, 2.05) is 56.3 Å². The van der Waals surface area contributed by atoms with Gasteiger partial charge in [0.2, 0.25) is 11.8 Å². The van der Waals surface area contributed by atoms with Gasteiger partial charge in [0.15, 0.2) is 0 Å². The summed E-state index contributed by atoms with van der Waals surface area (Å²) in [7, 11) is 0. The van der Waals surface area contributed by atoms with E-state index < -0.39 is 0 Å². The van der Waals surface area contributed by atoms with Crippen molar-refractivity contribution in [2.75, 3.05) is 6.54 Å². The Morgan fingerprint density at radius 1 is 0.871 bits per heavy atom. The fourth-order valence-electron chi connectivity index (χ4n) is 3.63. The molecule has 5 heteroatoms. The Hall–Kier alpha value is -2.56. The highest BCUT2D eigenvalue weighted by Crippen LogP contribution is 2.14. The molecular weight excluding hydrogens is 388 g/mol. The van der Waals surface area contributed by atoms with Gasteiger partial charge in [-0.05, 0) is 38.0 Å². The van der Waals surface area contributed by atoms with Crippen LogP contribution in [0.1, 0.15) is 77.0 Å². The molecule has 0 saturated carbocycles. The topological polar surface area (TPSA) is 53.8 Å². The second kappa shape index (κ2) is 13.7. The van der Waals surface area contributed by atoms with Crippen molar-refractivity contribution in [3.63, 3.8) is 0 Å². The van der Waals surface area contributed by atoms with E-state index in [0.717, 1.165) is 24.2 Å². The van der Waals surface area contributed by atoms with Gasteiger partial charge in [-0.3, -0.25) is 9.59 Å². The Balaban J connectivity index is 1.97. The average Bonchev–Trinajstić information content (AvgIpc) is 3.27. The van der Waals surface area contributed by atoms with Gasteiger partial charge in [0.25, 0.3) is 0 Å². The van der Waals surface area contributed by atoms with Crippen LogP contribution in [0, 0.1) is 0 Å². The van der Waals surface area contributed by atoms with E-state index in [0.29, 0.717) is 19.5 Å². The van der Waals surface area contributed by atoms with E-state index in [-0.39, 0.29) is 24.4 Å². The number of hydrogen-bond acceptors (Lipinski definition) is 3. The van der Waals surface area contributed by atoms with Gasteiger partial charge in [0.05, 0.1) is 19.4 Å². The summed E-state index contributed by atoms with van der Waals surface area (Å²) in [6.45, 7) is 7.12. The third-order valence-electron chi connectivity index (χ3n) is 5.49. The van der Waals surface area contributed by atoms with E-state index >= 15 is 0 Å². The first-order valence-corrected chi connectivity index (χ1v) is 11.6. The van der Waals surface area contributed by atoms with Gasteiger partial charge in [0, 0.05) is 19.0 Å². The molecule has 0 fully saturated rings. The first-order chi connectivity index (χ1) is 15.0. The monoisotopic (exact) mass is 426 g/mol. The van der Waals surface area contributed by atoms with Gasteiger partial charge in [0.1, 0.15) is 5.76 Å². The zero-order chi connectivity index (χ0) is 22.5. The fraction of sp³-hybridized carbons (Fsp3) is 0.538. The van der Waals surface area contributed by atoms with Crippen molar-refractivity contribution in [3.05, 3.63) is 60.1 Å². The summed E-state index contributed by atoms with van der Waals surface area (Å²) in [5.74, 6) is 0.737. The zero-order valence-corrected chi connectivity index (χ0v) is 19.4. The van der Waals surface area contributed by atoms with Crippen LogP contribution in [0.25, 0.3) is 0 Å². The predicted octanol–water partition coefficient (Wildman–Crippen LogP) is 5.80. The van der Waals surface area contributed by atoms with Crippen molar-refractivity contribution in [1.29, 1.82) is 0 Å². The Kier molecular flexibility index (Phi) is 10.9. The molecule has 5 nitrogen and oxygen atoms in total. The largest absolute Gasteiger partial charge is 0.467 e. The zero-order valence-electron chi connectivity index (χ0n) is 19.4. The molecule has 2 amide bonds. The van der Waals surface area contributed by atoms with E-state index in [1.165, 1.54) is 25.7 Å². The summed E-state index contributed by atoms with van der Waals surface area (Å²) in [4.78, 5) is 29.6. The van der Waals surface area contributed by atoms with Crippen LogP contribution in [0.3, 0.4) is 0 Å². The molecule has 170 valence electrons. The first kappa shape index (κ1) is 24.7. The molecule has 0 N–H and O–H groups in total. The molecule has 0 unspecified atom stereocenters. The molecule has 0 aliphatic carbocycles. The lowest BCUT2D eigenvalue weighted by atomic mass is 10.1. The van der Waals surface area contributed by atoms with Crippen molar-refractivity contribution in [3.8, 4) is 0 Å². The molecule has 1 aromatic heterocycles. The Labute approximate surface area is 187 Å². The number of hydrogen-bond donors (Lipinski definition) is 0. The second-order valence-electron chi connectivity index (χ2n) is 8.45. The van der Waals surface area contributed by atoms with E-state index in [1.54, 1.807) is 16.1 Å². The number of benzene rings is 1. The molecule has 2 aromatic rings. The summed E-state index contributed by atoms with van der Waals surface area (Å²) in [6.07, 6.45) is 8.98. The van der Waals surface area contributed by atoms with Gasteiger partial charge in [-0.15, -0.1) is 0 Å². The predicted molar refractivity (Wildman–Crippen MR) is 124 cm³/mol. The molecule has 0 spiro atoms. The van der Waals surface area contributed by atoms with E-state index in [9.17, 15) is 9.59 Å². The second-order valence-corrected chi connectivity index (χ2v) is 8.45. The summed E-state index contributed by atoms with van der Waals surface area (Å²) >= 11 is 0. The van der Waals surface area contributed by atoms with Gasteiger partial charge in [-0.25, -0.2) is 0 Å². The minimum atomic E-state index is -0.0646. The third kappa shape index (κ3) is 8.99. The molecular formula is C26H38N2O3. The maximum atomic E-state index is 13.2. The SMILES string of the molecule is CCCCCCCCC(=O)N(CC(=O)N(Cc1ccccc1)Cc1ccco1)C(C)C. The highest BCUT2D eigenvalue weighted by atomic mass is 16.3. The molecule has 0 atom stereocenters. The van der Waals surface area contributed by atoms with Gasteiger partial charge < -0.3 is 14.2 Å². The normalized spacial score (nSPS) is 11.0. The van der Waals surface area contributed by atoms with Gasteiger partial charge in [-0.2, -0.15) is 0 Å². The number of nitrogens with zero attached hydrogens (tertiary/aromatic N) is 2. The highest BCUT2D eigenvalue weighted by Gasteiger charge is 2.24. The van der Waals surface area contributed by atoms with Gasteiger partial charge in [-0.1, -0.05) is 69.4 Å². The molecule has 0 radical (unpaired) electrons. The Morgan fingerprint density at radius 3 is 2.23 bits per heavy atom. The number of rotatable bonds is 14. The van der Waals surface area contributed by atoms with Crippen LogP contribution < -0.4 is 0 Å². The van der Waals surface area contributed by atoms with Crippen LogP contribution in [0.2, 0.25) is 0 Å². The standard InChI is InChI=1S/C26H38N2O3/c1-4-5-6-7-8-12-17-25(29)28(22(2)3)21-26(30)27(20-24-16-13-18-31-24)19-23-14-10-9-11-15-23/h9-11,13-16,18,22H,4-8,12,17,19-21H2,1-3H3. The molecule has 0 aliphatic rings. The van der Waals surface area contributed by atoms with Crippen LogP contribution in [0.15, 0.2) is 53.1 Å². The Bertz CT molecular complexity index is 756. The van der Waals surface area contributed by atoms with Crippen LogP contribution in [0.4, 0.5) is 0 Å². The van der Waals surface area contributed by atoms with Crippen molar-refractivity contribution in [2.45, 2.75) is 84.8 Å². The Morgan fingerprint density at radius 2 is 1.58 bits per heavy atom. The van der Waals surface area contributed by atoms with Crippen molar-refractivity contribution in [1.82, 2.24) is 9.80 Å². The lowest BCUT2D eigenvalue weighted by Gasteiger charge is -2.30. The minimum absolute atomic E-state index is 0.0151. The minimum Gasteiger partial charge on any atom is -0.467 e. The summed E-state index contributed by atoms with van der Waals surface area (Å²) < 4.78 is 5.47. The quantitative estimate of drug-likeness (QED) is 0.359. The van der Waals surface area contributed by atoms with E-state index in [2.05, 4.69) is 6.92 Å². The van der Waals surface area contributed by atoms with Crippen molar-refractivity contribution in [2.24, 2.45) is 0 Å². The average molecular weight is 427 g/mol. The maximum Gasteiger partial charge on any atom is 0.242 e. The van der Waals surface area contributed by atoms with Crippen LogP contribution in [-0.2, 0) is 22.7 Å². The fourth-order valence-corrected chi connectivity index (χ4v) is 3.63. The van der Waals surface area contributed by atoms with Crippen molar-refractivity contribution < 1.29 is 14.0 Å². The molecule has 0 saturated heterocycles. The lowest BCUT2D eigenvalue weighted by molar-refractivity contribution is -0.143. The molecule has 1 heterocycles. The van der Waals surface area contributed by atoms with Crippen LogP contribution in [0.5, 0.6) is 0 Å². The lowest BCUT2D eigenvalue weighted by Crippen LogP contribution is -2.45. The summed E-state index contributed by atoms with van der Waals surface area (Å²) in [5.41, 5.74) is 1.05. The van der Waals surface area contributed by atoms with Gasteiger partial charge >= 0.3 is 0 Å². The molecule has 0 aliphatic heterocycles. The van der Waals surface area contributed by atoms with E-state index in [4.69, 9.17) is 4.42 Å². The third-order valence-corrected chi connectivity index (χ3v) is 5.49. The molecule has 1 aromatic carbocycles. The molecule has 31 heavy (non-hydrogen) atoms. The summed E-state index contributed by atoms with van der Waals surface area (Å²) in [6, 6.07) is 13.6. The number of carbonyl (C=O) groups is 2. The van der Waals surface area contributed by atoms with Crippen LogP contribution in [-0.4, -0.2) is 34.2 Å². The van der Waals surface area contributed by atoms with Crippen LogP contribution >= 0.6 is 0 Å². The molecule has 0 bridgehead atoms. The first-order valence-electron chi connectivity index (χ1n) is 11.6. The molecule has 2 rings (SSSR count). The maximum absolute atomic E-state index is 13.2. The van der Waals surface area contributed by atoms with Crippen molar-refractivity contribution >= 4 is 11.8 Å². The number of furan rings is 1. The smallest absolute Gasteiger partial charge is 0.242 e.